The lowest BCUT2D eigenvalue weighted by Gasteiger charge is -2.05. The summed E-state index contributed by atoms with van der Waals surface area (Å²) in [5.41, 5.74) is 3.31. The number of halogens is 1. The molecule has 0 atom stereocenters. The van der Waals surface area contributed by atoms with Crippen LogP contribution in [0.3, 0.4) is 0 Å². The van der Waals surface area contributed by atoms with Gasteiger partial charge >= 0.3 is 6.03 Å². The van der Waals surface area contributed by atoms with Crippen molar-refractivity contribution in [3.8, 4) is 17.2 Å². The quantitative estimate of drug-likeness (QED) is 0.415. The van der Waals surface area contributed by atoms with Crippen LogP contribution in [0, 0.1) is 5.82 Å². The Labute approximate surface area is 187 Å². The molecule has 0 aliphatic carbocycles. The number of para-hydroxylation sites is 2. The van der Waals surface area contributed by atoms with E-state index in [0.717, 1.165) is 22.4 Å². The van der Waals surface area contributed by atoms with Crippen molar-refractivity contribution in [2.24, 2.45) is 0 Å². The molecule has 0 spiro atoms. The average molecular weight is 443 g/mol. The molecule has 0 unspecified atom stereocenters. The minimum absolute atomic E-state index is 0.0643. The molecule has 0 radical (unpaired) electrons. The van der Waals surface area contributed by atoms with Crippen LogP contribution >= 0.6 is 0 Å². The van der Waals surface area contributed by atoms with Crippen LogP contribution in [0.15, 0.2) is 77.7 Å². The SMILES string of the molecule is O=C(NCc1ccc(F)cc1)NCc1nc(-c2ccc(-n3cnc4ccccc43)nc2)no1. The van der Waals surface area contributed by atoms with Crippen LogP contribution in [0.25, 0.3) is 28.2 Å². The van der Waals surface area contributed by atoms with Crippen molar-refractivity contribution in [1.29, 1.82) is 0 Å². The summed E-state index contributed by atoms with van der Waals surface area (Å²) in [5.74, 6) is 1.02. The molecule has 9 nitrogen and oxygen atoms in total. The zero-order valence-electron chi connectivity index (χ0n) is 17.3. The molecule has 0 saturated carbocycles. The molecule has 2 N–H and O–H groups in total. The van der Waals surface area contributed by atoms with Gasteiger partial charge in [-0.3, -0.25) is 4.57 Å². The number of rotatable bonds is 6. The Bertz CT molecular complexity index is 1390. The molecule has 3 heterocycles. The second-order valence-corrected chi connectivity index (χ2v) is 7.18. The fraction of sp³-hybridized carbons (Fsp3) is 0.0870. The van der Waals surface area contributed by atoms with Gasteiger partial charge in [-0.25, -0.2) is 19.2 Å². The van der Waals surface area contributed by atoms with E-state index in [0.29, 0.717) is 11.4 Å². The highest BCUT2D eigenvalue weighted by Gasteiger charge is 2.11. The normalized spacial score (nSPS) is 10.9. The largest absolute Gasteiger partial charge is 0.337 e. The molecule has 5 aromatic rings. The van der Waals surface area contributed by atoms with Gasteiger partial charge in [0.15, 0.2) is 0 Å². The maximum atomic E-state index is 12.9. The fourth-order valence-corrected chi connectivity index (χ4v) is 3.25. The van der Waals surface area contributed by atoms with E-state index in [2.05, 4.69) is 30.7 Å². The van der Waals surface area contributed by atoms with Gasteiger partial charge in [-0.05, 0) is 42.0 Å². The Morgan fingerprint density at radius 1 is 0.970 bits per heavy atom. The summed E-state index contributed by atoms with van der Waals surface area (Å²) in [7, 11) is 0. The summed E-state index contributed by atoms with van der Waals surface area (Å²) < 4.78 is 20.0. The number of fused-ring (bicyclic) bond motifs is 1. The van der Waals surface area contributed by atoms with Gasteiger partial charge in [-0.15, -0.1) is 0 Å². The Kier molecular flexibility index (Phi) is 5.46. The molecule has 0 saturated heterocycles. The van der Waals surface area contributed by atoms with Gasteiger partial charge in [0.25, 0.3) is 0 Å². The number of urea groups is 1. The molecule has 0 fully saturated rings. The van der Waals surface area contributed by atoms with Gasteiger partial charge in [0.2, 0.25) is 11.7 Å². The van der Waals surface area contributed by atoms with Crippen molar-refractivity contribution in [3.05, 3.63) is 90.5 Å². The molecule has 0 bridgehead atoms. The van der Waals surface area contributed by atoms with Crippen molar-refractivity contribution >= 4 is 17.1 Å². The second-order valence-electron chi connectivity index (χ2n) is 7.18. The zero-order valence-corrected chi connectivity index (χ0v) is 17.3. The topological polar surface area (TPSA) is 111 Å². The van der Waals surface area contributed by atoms with Gasteiger partial charge in [0.05, 0.1) is 17.6 Å². The van der Waals surface area contributed by atoms with Crippen molar-refractivity contribution in [2.75, 3.05) is 0 Å². The first kappa shape index (κ1) is 20.3. The summed E-state index contributed by atoms with van der Waals surface area (Å²) in [6, 6.07) is 17.0. The highest BCUT2D eigenvalue weighted by atomic mass is 19.1. The lowest BCUT2D eigenvalue weighted by atomic mass is 10.2. The van der Waals surface area contributed by atoms with E-state index in [-0.39, 0.29) is 24.8 Å². The lowest BCUT2D eigenvalue weighted by Crippen LogP contribution is -2.34. The second kappa shape index (κ2) is 8.87. The standard InChI is InChI=1S/C23H18FN7O2/c24-17-8-5-15(6-9-17)11-26-23(32)27-13-21-29-22(30-33-21)16-7-10-20(25-12-16)31-14-28-18-3-1-2-4-19(18)31/h1-10,12,14H,11,13H2,(H2,26,27,32). The monoisotopic (exact) mass is 443 g/mol. The summed E-state index contributed by atoms with van der Waals surface area (Å²) in [6.45, 7) is 0.334. The number of carbonyl (C=O) groups excluding carboxylic acids is 1. The van der Waals surface area contributed by atoms with E-state index in [1.165, 1.54) is 12.1 Å². The number of aromatic nitrogens is 5. The Balaban J connectivity index is 1.19. The van der Waals surface area contributed by atoms with Gasteiger partial charge in [0, 0.05) is 18.3 Å². The molecule has 33 heavy (non-hydrogen) atoms. The molecular formula is C23H18FN7O2. The molecule has 3 aromatic heterocycles. The van der Waals surface area contributed by atoms with Crippen molar-refractivity contribution in [1.82, 2.24) is 35.3 Å². The molecule has 10 heteroatoms. The Hall–Kier alpha value is -4.60. The third-order valence-corrected chi connectivity index (χ3v) is 4.94. The number of hydrogen-bond donors (Lipinski definition) is 2. The first-order valence-corrected chi connectivity index (χ1v) is 10.1. The number of carbonyl (C=O) groups is 1. The number of amides is 2. The molecule has 164 valence electrons. The molecule has 0 aliphatic rings. The average Bonchev–Trinajstić information content (AvgIpc) is 3.50. The number of nitrogens with zero attached hydrogens (tertiary/aromatic N) is 5. The molecule has 5 rings (SSSR count). The molecule has 0 aliphatic heterocycles. The first-order chi connectivity index (χ1) is 16.2. The number of nitrogens with one attached hydrogen (secondary N) is 2. The third-order valence-electron chi connectivity index (χ3n) is 4.94. The molecule has 2 aromatic carbocycles. The summed E-state index contributed by atoms with van der Waals surface area (Å²) in [5, 5.41) is 9.28. The van der Waals surface area contributed by atoms with Crippen LogP contribution < -0.4 is 10.6 Å². The minimum atomic E-state index is -0.405. The van der Waals surface area contributed by atoms with Crippen molar-refractivity contribution < 1.29 is 13.7 Å². The Morgan fingerprint density at radius 2 is 1.79 bits per heavy atom. The van der Waals surface area contributed by atoms with E-state index in [1.807, 2.05) is 41.0 Å². The third kappa shape index (κ3) is 4.54. The molecular weight excluding hydrogens is 425 g/mol. The highest BCUT2D eigenvalue weighted by Crippen LogP contribution is 2.19. The van der Waals surface area contributed by atoms with Crippen LogP contribution in [-0.4, -0.2) is 30.7 Å². The number of hydrogen-bond acceptors (Lipinski definition) is 6. The zero-order chi connectivity index (χ0) is 22.6. The van der Waals surface area contributed by atoms with E-state index < -0.39 is 6.03 Å². The van der Waals surface area contributed by atoms with Crippen LogP contribution in [-0.2, 0) is 13.1 Å². The van der Waals surface area contributed by atoms with Crippen LogP contribution in [0.4, 0.5) is 9.18 Å². The van der Waals surface area contributed by atoms with E-state index in [1.54, 1.807) is 24.7 Å². The van der Waals surface area contributed by atoms with Gasteiger partial charge in [0.1, 0.15) is 18.0 Å². The van der Waals surface area contributed by atoms with Gasteiger partial charge in [-0.1, -0.05) is 29.4 Å². The predicted octanol–water partition coefficient (Wildman–Crippen LogP) is 3.61. The number of pyridine rings is 1. The maximum Gasteiger partial charge on any atom is 0.315 e. The van der Waals surface area contributed by atoms with Crippen LogP contribution in [0.2, 0.25) is 0 Å². The van der Waals surface area contributed by atoms with Crippen LogP contribution in [0.5, 0.6) is 0 Å². The highest BCUT2D eigenvalue weighted by molar-refractivity contribution is 5.77. The van der Waals surface area contributed by atoms with Crippen LogP contribution in [0.1, 0.15) is 11.5 Å². The van der Waals surface area contributed by atoms with Gasteiger partial charge in [-0.2, -0.15) is 4.98 Å². The maximum absolute atomic E-state index is 12.9. The van der Waals surface area contributed by atoms with E-state index >= 15 is 0 Å². The first-order valence-electron chi connectivity index (χ1n) is 10.1. The van der Waals surface area contributed by atoms with Gasteiger partial charge < -0.3 is 15.2 Å². The smallest absolute Gasteiger partial charge is 0.315 e. The fourth-order valence-electron chi connectivity index (χ4n) is 3.25. The Morgan fingerprint density at radius 3 is 2.61 bits per heavy atom. The molecule has 2 amide bonds. The lowest BCUT2D eigenvalue weighted by molar-refractivity contribution is 0.238. The summed E-state index contributed by atoms with van der Waals surface area (Å²) in [4.78, 5) is 25.1. The summed E-state index contributed by atoms with van der Waals surface area (Å²) >= 11 is 0. The van der Waals surface area contributed by atoms with Crippen molar-refractivity contribution in [2.45, 2.75) is 13.1 Å². The van der Waals surface area contributed by atoms with Crippen molar-refractivity contribution in [3.63, 3.8) is 0 Å². The van der Waals surface area contributed by atoms with E-state index in [4.69, 9.17) is 4.52 Å². The number of imidazole rings is 1. The predicted molar refractivity (Wildman–Crippen MR) is 118 cm³/mol. The van der Waals surface area contributed by atoms with E-state index in [9.17, 15) is 9.18 Å². The minimum Gasteiger partial charge on any atom is -0.337 e. The number of benzene rings is 2. The summed E-state index contributed by atoms with van der Waals surface area (Å²) in [6.07, 6.45) is 3.38.